The molecule has 0 unspecified atom stereocenters. The number of hydrogen-bond donors (Lipinski definition) is 0. The molecule has 0 saturated carbocycles. The maximum absolute atomic E-state index is 12.8. The van der Waals surface area contributed by atoms with Crippen LogP contribution in [0.3, 0.4) is 0 Å². The number of carbonyl (C=O) groups is 1. The molecular weight excluding hydrogens is 257 g/mol. The lowest BCUT2D eigenvalue weighted by Gasteiger charge is -2.17. The fourth-order valence-electron chi connectivity index (χ4n) is 1.89. The number of methoxy groups -OCH3 is 1. The molecule has 0 aromatic heterocycles. The van der Waals surface area contributed by atoms with E-state index in [2.05, 4.69) is 0 Å². The molecule has 0 N–H and O–H groups in total. The van der Waals surface area contributed by atoms with Crippen LogP contribution < -0.4 is 4.74 Å². The third-order valence-electron chi connectivity index (χ3n) is 3.02. The Kier molecular flexibility index (Phi) is 4.35. The average molecular weight is 273 g/mol. The van der Waals surface area contributed by atoms with Gasteiger partial charge >= 0.3 is 0 Å². The molecule has 0 atom stereocenters. The van der Waals surface area contributed by atoms with Crippen LogP contribution >= 0.6 is 0 Å². The van der Waals surface area contributed by atoms with Crippen LogP contribution in [-0.2, 0) is 6.54 Å². The second kappa shape index (κ2) is 6.19. The summed E-state index contributed by atoms with van der Waals surface area (Å²) < 4.78 is 17.9. The van der Waals surface area contributed by atoms with E-state index in [-0.39, 0.29) is 11.7 Å². The van der Waals surface area contributed by atoms with Gasteiger partial charge in [0.15, 0.2) is 0 Å². The largest absolute Gasteiger partial charge is 0.497 e. The third-order valence-corrected chi connectivity index (χ3v) is 3.02. The summed E-state index contributed by atoms with van der Waals surface area (Å²) in [5, 5.41) is 0. The van der Waals surface area contributed by atoms with Gasteiger partial charge in [-0.05, 0) is 42.0 Å². The van der Waals surface area contributed by atoms with E-state index in [9.17, 15) is 9.18 Å². The minimum atomic E-state index is -0.348. The highest BCUT2D eigenvalue weighted by Gasteiger charge is 2.12. The summed E-state index contributed by atoms with van der Waals surface area (Å²) in [7, 11) is 3.33. The summed E-state index contributed by atoms with van der Waals surface area (Å²) in [5.41, 5.74) is 1.48. The van der Waals surface area contributed by atoms with Crippen LogP contribution in [0.4, 0.5) is 4.39 Å². The van der Waals surface area contributed by atoms with Gasteiger partial charge in [-0.1, -0.05) is 12.1 Å². The number of nitrogens with zero attached hydrogens (tertiary/aromatic N) is 1. The number of ether oxygens (including phenoxy) is 1. The zero-order valence-corrected chi connectivity index (χ0v) is 11.5. The lowest BCUT2D eigenvalue weighted by molar-refractivity contribution is 0.0785. The van der Waals surface area contributed by atoms with Crippen molar-refractivity contribution in [2.24, 2.45) is 0 Å². The zero-order chi connectivity index (χ0) is 14.5. The molecule has 2 aromatic rings. The van der Waals surface area contributed by atoms with E-state index in [4.69, 9.17) is 4.74 Å². The van der Waals surface area contributed by atoms with Gasteiger partial charge in [0.05, 0.1) is 7.11 Å². The second-order valence-electron chi connectivity index (χ2n) is 4.52. The standard InChI is InChI=1S/C16H16FNO2/c1-18(11-12-3-9-15(20-2)10-4-12)16(19)13-5-7-14(17)8-6-13/h3-10H,11H2,1-2H3. The van der Waals surface area contributed by atoms with Gasteiger partial charge in [-0.2, -0.15) is 0 Å². The van der Waals surface area contributed by atoms with Gasteiger partial charge in [-0.3, -0.25) is 4.79 Å². The molecule has 0 aliphatic heterocycles. The number of hydrogen-bond acceptors (Lipinski definition) is 2. The van der Waals surface area contributed by atoms with Gasteiger partial charge in [0, 0.05) is 19.2 Å². The van der Waals surface area contributed by atoms with Crippen molar-refractivity contribution in [2.45, 2.75) is 6.54 Å². The van der Waals surface area contributed by atoms with Gasteiger partial charge in [0.2, 0.25) is 0 Å². The Morgan fingerprint density at radius 1 is 1.10 bits per heavy atom. The summed E-state index contributed by atoms with van der Waals surface area (Å²) in [6.07, 6.45) is 0. The van der Waals surface area contributed by atoms with E-state index in [1.54, 1.807) is 19.1 Å². The number of benzene rings is 2. The van der Waals surface area contributed by atoms with Crippen molar-refractivity contribution < 1.29 is 13.9 Å². The molecule has 4 heteroatoms. The molecule has 2 rings (SSSR count). The van der Waals surface area contributed by atoms with Crippen molar-refractivity contribution in [1.82, 2.24) is 4.90 Å². The first-order chi connectivity index (χ1) is 9.60. The molecule has 20 heavy (non-hydrogen) atoms. The fraction of sp³-hybridized carbons (Fsp3) is 0.188. The monoisotopic (exact) mass is 273 g/mol. The Balaban J connectivity index is 2.04. The molecule has 104 valence electrons. The topological polar surface area (TPSA) is 29.5 Å². The predicted molar refractivity (Wildman–Crippen MR) is 75.2 cm³/mol. The fourth-order valence-corrected chi connectivity index (χ4v) is 1.89. The highest BCUT2D eigenvalue weighted by atomic mass is 19.1. The molecular formula is C16H16FNO2. The lowest BCUT2D eigenvalue weighted by atomic mass is 10.1. The van der Waals surface area contributed by atoms with E-state index in [0.717, 1.165) is 11.3 Å². The van der Waals surface area contributed by atoms with Crippen LogP contribution in [0.15, 0.2) is 48.5 Å². The Morgan fingerprint density at radius 3 is 2.25 bits per heavy atom. The van der Waals surface area contributed by atoms with E-state index in [0.29, 0.717) is 12.1 Å². The summed E-state index contributed by atoms with van der Waals surface area (Å²) in [5.74, 6) is 0.293. The molecule has 0 radical (unpaired) electrons. The van der Waals surface area contributed by atoms with Crippen molar-refractivity contribution in [3.63, 3.8) is 0 Å². The maximum Gasteiger partial charge on any atom is 0.253 e. The van der Waals surface area contributed by atoms with Crippen LogP contribution in [0, 0.1) is 5.82 Å². The maximum atomic E-state index is 12.8. The molecule has 0 bridgehead atoms. The summed E-state index contributed by atoms with van der Waals surface area (Å²) >= 11 is 0. The molecule has 2 aromatic carbocycles. The van der Waals surface area contributed by atoms with Gasteiger partial charge < -0.3 is 9.64 Å². The van der Waals surface area contributed by atoms with E-state index in [1.165, 1.54) is 24.3 Å². The number of amides is 1. The summed E-state index contributed by atoms with van der Waals surface area (Å²) in [6, 6.07) is 13.1. The first-order valence-corrected chi connectivity index (χ1v) is 6.24. The first kappa shape index (κ1) is 14.1. The Bertz CT molecular complexity index is 578. The SMILES string of the molecule is COc1ccc(CN(C)C(=O)c2ccc(F)cc2)cc1. The lowest BCUT2D eigenvalue weighted by Crippen LogP contribution is -2.26. The molecule has 0 heterocycles. The third kappa shape index (κ3) is 3.35. The van der Waals surface area contributed by atoms with E-state index in [1.807, 2.05) is 24.3 Å². The Hall–Kier alpha value is -2.36. The smallest absolute Gasteiger partial charge is 0.253 e. The van der Waals surface area contributed by atoms with Gasteiger partial charge in [0.25, 0.3) is 5.91 Å². The molecule has 0 spiro atoms. The minimum Gasteiger partial charge on any atom is -0.497 e. The molecule has 0 aliphatic carbocycles. The first-order valence-electron chi connectivity index (χ1n) is 6.24. The van der Waals surface area contributed by atoms with Crippen LogP contribution in [0.5, 0.6) is 5.75 Å². The highest BCUT2D eigenvalue weighted by Crippen LogP contribution is 2.14. The van der Waals surface area contributed by atoms with Gasteiger partial charge in [-0.25, -0.2) is 4.39 Å². The predicted octanol–water partition coefficient (Wildman–Crippen LogP) is 3.11. The van der Waals surface area contributed by atoms with Crippen LogP contribution in [0.1, 0.15) is 15.9 Å². The van der Waals surface area contributed by atoms with Crippen LogP contribution in [0.2, 0.25) is 0 Å². The summed E-state index contributed by atoms with van der Waals surface area (Å²) in [6.45, 7) is 0.486. The van der Waals surface area contributed by atoms with Crippen molar-refractivity contribution >= 4 is 5.91 Å². The Morgan fingerprint density at radius 2 is 1.70 bits per heavy atom. The zero-order valence-electron chi connectivity index (χ0n) is 11.5. The normalized spacial score (nSPS) is 10.2. The molecule has 1 amide bonds. The number of carbonyl (C=O) groups excluding carboxylic acids is 1. The van der Waals surface area contributed by atoms with Crippen molar-refractivity contribution in [3.05, 3.63) is 65.5 Å². The number of halogens is 1. The number of rotatable bonds is 4. The molecule has 0 fully saturated rings. The molecule has 0 aliphatic rings. The van der Waals surface area contributed by atoms with Gasteiger partial charge in [0.1, 0.15) is 11.6 Å². The van der Waals surface area contributed by atoms with Crippen LogP contribution in [0.25, 0.3) is 0 Å². The average Bonchev–Trinajstić information content (AvgIpc) is 2.48. The van der Waals surface area contributed by atoms with Crippen molar-refractivity contribution in [3.8, 4) is 5.75 Å². The molecule has 3 nitrogen and oxygen atoms in total. The summed E-state index contributed by atoms with van der Waals surface area (Å²) in [4.78, 5) is 13.8. The van der Waals surface area contributed by atoms with Crippen molar-refractivity contribution in [2.75, 3.05) is 14.2 Å². The van der Waals surface area contributed by atoms with Crippen molar-refractivity contribution in [1.29, 1.82) is 0 Å². The van der Waals surface area contributed by atoms with E-state index >= 15 is 0 Å². The minimum absolute atomic E-state index is 0.138. The highest BCUT2D eigenvalue weighted by molar-refractivity contribution is 5.93. The van der Waals surface area contributed by atoms with E-state index < -0.39 is 0 Å². The van der Waals surface area contributed by atoms with Gasteiger partial charge in [-0.15, -0.1) is 0 Å². The second-order valence-corrected chi connectivity index (χ2v) is 4.52. The Labute approximate surface area is 117 Å². The molecule has 0 saturated heterocycles. The van der Waals surface area contributed by atoms with Crippen LogP contribution in [-0.4, -0.2) is 25.0 Å². The quantitative estimate of drug-likeness (QED) is 0.856.